The smallest absolute Gasteiger partial charge is 0.168 e. The average Bonchev–Trinajstić information content (AvgIpc) is 2.83. The lowest BCUT2D eigenvalue weighted by molar-refractivity contribution is 0.111. The summed E-state index contributed by atoms with van der Waals surface area (Å²) in [5.74, 6) is 0. The molecule has 1 saturated carbocycles. The van der Waals surface area contributed by atoms with Crippen molar-refractivity contribution in [3.8, 4) is 0 Å². The Bertz CT molecular complexity index is 370. The first-order valence-electron chi connectivity index (χ1n) is 5.59. The molecule has 15 heavy (non-hydrogen) atoms. The molecule has 0 spiro atoms. The predicted molar refractivity (Wildman–Crippen MR) is 55.9 cm³/mol. The van der Waals surface area contributed by atoms with Gasteiger partial charge in [-0.2, -0.15) is 0 Å². The third kappa shape index (κ3) is 1.59. The van der Waals surface area contributed by atoms with Crippen LogP contribution in [-0.2, 0) is 0 Å². The zero-order valence-electron chi connectivity index (χ0n) is 8.67. The van der Waals surface area contributed by atoms with Crippen LogP contribution >= 0.6 is 0 Å². The summed E-state index contributed by atoms with van der Waals surface area (Å²) in [6.07, 6.45) is 8.19. The van der Waals surface area contributed by atoms with Gasteiger partial charge in [0.05, 0.1) is 12.5 Å². The number of carbonyl (C=O) groups is 1. The minimum absolute atomic E-state index is 0.452. The quantitative estimate of drug-likeness (QED) is 0.694. The van der Waals surface area contributed by atoms with Crippen LogP contribution in [0.15, 0.2) is 12.5 Å². The second-order valence-electron chi connectivity index (χ2n) is 4.51. The summed E-state index contributed by atoms with van der Waals surface area (Å²) in [4.78, 5) is 17.4. The first-order valence-corrected chi connectivity index (χ1v) is 5.59. The van der Waals surface area contributed by atoms with Crippen molar-refractivity contribution in [1.82, 2.24) is 14.5 Å². The summed E-state index contributed by atoms with van der Waals surface area (Å²) in [6, 6.07) is 1.28. The Morgan fingerprint density at radius 1 is 1.33 bits per heavy atom. The fourth-order valence-electron chi connectivity index (χ4n) is 2.48. The molecule has 2 aliphatic rings. The van der Waals surface area contributed by atoms with E-state index in [1.54, 1.807) is 12.5 Å². The molecule has 1 aliphatic carbocycles. The maximum Gasteiger partial charge on any atom is 0.168 e. The molecule has 0 N–H and O–H groups in total. The topological polar surface area (TPSA) is 38.1 Å². The van der Waals surface area contributed by atoms with Crippen LogP contribution in [0.3, 0.4) is 0 Å². The number of hydrogen-bond donors (Lipinski definition) is 0. The number of imidazole rings is 1. The number of likely N-dealkylation sites (tertiary alicyclic amines) is 1. The fraction of sp³-hybridized carbons (Fsp3) is 0.636. The molecule has 4 nitrogen and oxygen atoms in total. The molecule has 1 aromatic heterocycles. The van der Waals surface area contributed by atoms with Crippen molar-refractivity contribution in [3.63, 3.8) is 0 Å². The third-order valence-electron chi connectivity index (χ3n) is 3.47. The highest BCUT2D eigenvalue weighted by Crippen LogP contribution is 2.33. The van der Waals surface area contributed by atoms with Gasteiger partial charge >= 0.3 is 0 Å². The number of carbonyl (C=O) groups excluding carboxylic acids is 1. The van der Waals surface area contributed by atoms with Gasteiger partial charge in [0.2, 0.25) is 0 Å². The van der Waals surface area contributed by atoms with Gasteiger partial charge < -0.3 is 4.57 Å². The van der Waals surface area contributed by atoms with E-state index in [-0.39, 0.29) is 0 Å². The van der Waals surface area contributed by atoms with Crippen LogP contribution in [0.4, 0.5) is 0 Å². The second kappa shape index (κ2) is 3.45. The van der Waals surface area contributed by atoms with Crippen molar-refractivity contribution < 1.29 is 4.79 Å². The maximum absolute atomic E-state index is 10.8. The standard InChI is InChI=1S/C11H15N3O/c15-7-11-5-12-8-14(11)10-3-4-13(6-10)9-1-2-9/h5,7-10H,1-4,6H2. The number of rotatable bonds is 3. The molecule has 1 aliphatic heterocycles. The second-order valence-corrected chi connectivity index (χ2v) is 4.51. The van der Waals surface area contributed by atoms with Gasteiger partial charge in [0.1, 0.15) is 5.69 Å². The van der Waals surface area contributed by atoms with E-state index in [1.165, 1.54) is 19.4 Å². The van der Waals surface area contributed by atoms with Crippen molar-refractivity contribution in [2.75, 3.05) is 13.1 Å². The molecule has 1 aromatic rings. The van der Waals surface area contributed by atoms with Gasteiger partial charge in [-0.1, -0.05) is 0 Å². The van der Waals surface area contributed by atoms with Crippen molar-refractivity contribution in [2.24, 2.45) is 0 Å². The molecule has 0 bridgehead atoms. The van der Waals surface area contributed by atoms with Crippen molar-refractivity contribution in [3.05, 3.63) is 18.2 Å². The van der Waals surface area contributed by atoms with E-state index in [4.69, 9.17) is 0 Å². The van der Waals surface area contributed by atoms with Gasteiger partial charge in [-0.05, 0) is 19.3 Å². The predicted octanol–water partition coefficient (Wildman–Crippen LogP) is 1.10. The molecule has 1 unspecified atom stereocenters. The normalized spacial score (nSPS) is 27.1. The van der Waals surface area contributed by atoms with Gasteiger partial charge in [-0.15, -0.1) is 0 Å². The summed E-state index contributed by atoms with van der Waals surface area (Å²) in [5.41, 5.74) is 0.706. The largest absolute Gasteiger partial charge is 0.324 e. The lowest BCUT2D eigenvalue weighted by atomic mass is 10.2. The van der Waals surface area contributed by atoms with Crippen LogP contribution in [0, 0.1) is 0 Å². The van der Waals surface area contributed by atoms with Gasteiger partial charge in [-0.25, -0.2) is 4.98 Å². The summed E-state index contributed by atoms with van der Waals surface area (Å²) in [7, 11) is 0. The third-order valence-corrected chi connectivity index (χ3v) is 3.47. The number of hydrogen-bond acceptors (Lipinski definition) is 3. The van der Waals surface area contributed by atoms with Gasteiger partial charge in [-0.3, -0.25) is 9.69 Å². The summed E-state index contributed by atoms with van der Waals surface area (Å²) in [5, 5.41) is 0. The molecule has 1 atom stereocenters. The molecular formula is C11H15N3O. The average molecular weight is 205 g/mol. The number of aromatic nitrogens is 2. The van der Waals surface area contributed by atoms with E-state index in [1.807, 2.05) is 4.57 Å². The van der Waals surface area contributed by atoms with Crippen LogP contribution in [0.25, 0.3) is 0 Å². The van der Waals surface area contributed by atoms with Gasteiger partial charge in [0.15, 0.2) is 6.29 Å². The minimum Gasteiger partial charge on any atom is -0.324 e. The zero-order valence-corrected chi connectivity index (χ0v) is 8.67. The molecule has 4 heteroatoms. The monoisotopic (exact) mass is 205 g/mol. The van der Waals surface area contributed by atoms with Crippen LogP contribution in [-0.4, -0.2) is 39.9 Å². The van der Waals surface area contributed by atoms with Crippen LogP contribution in [0.5, 0.6) is 0 Å². The van der Waals surface area contributed by atoms with E-state index < -0.39 is 0 Å². The van der Waals surface area contributed by atoms with Crippen LogP contribution in [0.2, 0.25) is 0 Å². The van der Waals surface area contributed by atoms with Crippen molar-refractivity contribution in [2.45, 2.75) is 31.3 Å². The van der Waals surface area contributed by atoms with Gasteiger partial charge in [0.25, 0.3) is 0 Å². The van der Waals surface area contributed by atoms with Crippen LogP contribution in [0.1, 0.15) is 35.8 Å². The maximum atomic E-state index is 10.8. The zero-order chi connectivity index (χ0) is 10.3. The molecule has 3 rings (SSSR count). The van der Waals surface area contributed by atoms with E-state index in [0.29, 0.717) is 11.7 Å². The van der Waals surface area contributed by atoms with Gasteiger partial charge in [0, 0.05) is 25.2 Å². The first-order chi connectivity index (χ1) is 7.38. The molecule has 1 saturated heterocycles. The lowest BCUT2D eigenvalue weighted by Gasteiger charge is -2.16. The SMILES string of the molecule is O=Cc1cncn1C1CCN(C2CC2)C1. The highest BCUT2D eigenvalue weighted by Gasteiger charge is 2.35. The highest BCUT2D eigenvalue weighted by atomic mass is 16.1. The van der Waals surface area contributed by atoms with E-state index in [9.17, 15) is 4.79 Å². The minimum atomic E-state index is 0.452. The Morgan fingerprint density at radius 3 is 2.93 bits per heavy atom. The molecule has 0 radical (unpaired) electrons. The summed E-state index contributed by atoms with van der Waals surface area (Å²) >= 11 is 0. The van der Waals surface area contributed by atoms with Crippen molar-refractivity contribution in [1.29, 1.82) is 0 Å². The van der Waals surface area contributed by atoms with E-state index in [2.05, 4.69) is 9.88 Å². The molecular weight excluding hydrogens is 190 g/mol. The fourth-order valence-corrected chi connectivity index (χ4v) is 2.48. The Balaban J connectivity index is 1.75. The number of aldehydes is 1. The Kier molecular flexibility index (Phi) is 2.09. The van der Waals surface area contributed by atoms with E-state index >= 15 is 0 Å². The summed E-state index contributed by atoms with van der Waals surface area (Å²) in [6.45, 7) is 2.26. The molecule has 2 heterocycles. The molecule has 80 valence electrons. The van der Waals surface area contributed by atoms with Crippen LogP contribution < -0.4 is 0 Å². The Hall–Kier alpha value is -1.16. The van der Waals surface area contributed by atoms with Crippen molar-refractivity contribution >= 4 is 6.29 Å². The Morgan fingerprint density at radius 2 is 2.20 bits per heavy atom. The molecule has 0 aromatic carbocycles. The summed E-state index contributed by atoms with van der Waals surface area (Å²) < 4.78 is 2.02. The number of nitrogens with zero attached hydrogens (tertiary/aromatic N) is 3. The van der Waals surface area contributed by atoms with E-state index in [0.717, 1.165) is 25.3 Å². The molecule has 2 fully saturated rings. The first kappa shape index (κ1) is 9.09. The molecule has 0 amide bonds. The highest BCUT2D eigenvalue weighted by molar-refractivity contribution is 5.71. The Labute approximate surface area is 88.9 Å². The lowest BCUT2D eigenvalue weighted by Crippen LogP contribution is -2.23.